The van der Waals surface area contributed by atoms with Crippen LogP contribution in [0, 0.1) is 11.6 Å². The van der Waals surface area contributed by atoms with Gasteiger partial charge >= 0.3 is 0 Å². The molecule has 0 unspecified atom stereocenters. The van der Waals surface area contributed by atoms with E-state index in [-0.39, 0.29) is 31.5 Å². The first-order chi connectivity index (χ1) is 22.0. The minimum absolute atomic E-state index is 0.0517. The highest BCUT2D eigenvalue weighted by Gasteiger charge is 2.11. The van der Waals surface area contributed by atoms with Crippen LogP contribution in [-0.2, 0) is 32.2 Å². The minimum atomic E-state index is -0.757. The molecule has 0 saturated carbocycles. The summed E-state index contributed by atoms with van der Waals surface area (Å²) in [6.07, 6.45) is -0.757. The number of nitrogens with two attached hydrogens (primary N) is 1. The van der Waals surface area contributed by atoms with Gasteiger partial charge in [-0.2, -0.15) is 0 Å². The van der Waals surface area contributed by atoms with E-state index in [2.05, 4.69) is 5.32 Å². The van der Waals surface area contributed by atoms with Gasteiger partial charge in [-0.05, 0) is 47.5 Å². The zero-order chi connectivity index (χ0) is 32.0. The third-order valence-corrected chi connectivity index (χ3v) is 6.15. The molecule has 3 rings (SSSR count). The second-order valence-corrected chi connectivity index (χ2v) is 9.85. The summed E-state index contributed by atoms with van der Waals surface area (Å²) in [5.41, 5.74) is 6.90. The van der Waals surface area contributed by atoms with Gasteiger partial charge in [0.15, 0.2) is 11.5 Å². The number of aliphatic hydroxyl groups excluding tert-OH is 1. The predicted molar refractivity (Wildman–Crippen MR) is 165 cm³/mol. The molecule has 4 N–H and O–H groups in total. The lowest BCUT2D eigenvalue weighted by molar-refractivity contribution is -0.000850. The van der Waals surface area contributed by atoms with Gasteiger partial charge in [-0.1, -0.05) is 24.3 Å². The first kappa shape index (κ1) is 36.1. The molecule has 45 heavy (non-hydrogen) atoms. The molecular weight excluding hydrogens is 590 g/mol. The number of aliphatic hydroxyl groups is 1. The lowest BCUT2D eigenvalue weighted by atomic mass is 10.2. The molecule has 0 heterocycles. The van der Waals surface area contributed by atoms with Crippen LogP contribution in [0.15, 0.2) is 66.7 Å². The molecule has 0 bridgehead atoms. The fourth-order valence-corrected chi connectivity index (χ4v) is 3.80. The Balaban J connectivity index is 1.33. The fourth-order valence-electron chi connectivity index (χ4n) is 3.80. The molecule has 3 aromatic rings. The van der Waals surface area contributed by atoms with Gasteiger partial charge in [0.2, 0.25) is 0 Å². The van der Waals surface area contributed by atoms with Crippen LogP contribution in [0.1, 0.15) is 11.1 Å². The van der Waals surface area contributed by atoms with E-state index in [9.17, 15) is 13.9 Å². The van der Waals surface area contributed by atoms with E-state index in [1.165, 1.54) is 24.3 Å². The molecule has 0 spiro atoms. The van der Waals surface area contributed by atoms with Crippen molar-refractivity contribution in [3.05, 3.63) is 89.5 Å². The number of ether oxygens (including phenoxy) is 7. The molecule has 0 aliphatic carbocycles. The molecule has 12 heteroatoms. The second-order valence-electron chi connectivity index (χ2n) is 9.85. The van der Waals surface area contributed by atoms with E-state index in [1.54, 1.807) is 42.5 Å². The van der Waals surface area contributed by atoms with Crippen molar-refractivity contribution in [3.8, 4) is 17.2 Å². The van der Waals surface area contributed by atoms with Crippen molar-refractivity contribution in [1.82, 2.24) is 5.32 Å². The summed E-state index contributed by atoms with van der Waals surface area (Å²) in [4.78, 5) is 0. The fraction of sp³-hybridized carbons (Fsp3) is 0.455. The average molecular weight is 635 g/mol. The van der Waals surface area contributed by atoms with Crippen molar-refractivity contribution in [2.45, 2.75) is 19.3 Å². The maximum atomic E-state index is 13.3. The number of halogens is 2. The highest BCUT2D eigenvalue weighted by Crippen LogP contribution is 2.33. The van der Waals surface area contributed by atoms with E-state index in [0.29, 0.717) is 89.7 Å². The van der Waals surface area contributed by atoms with Crippen LogP contribution < -0.4 is 25.3 Å². The Bertz CT molecular complexity index is 1190. The third kappa shape index (κ3) is 16.0. The van der Waals surface area contributed by atoms with Crippen molar-refractivity contribution in [2.24, 2.45) is 5.73 Å². The van der Waals surface area contributed by atoms with E-state index >= 15 is 0 Å². The standard InChI is InChI=1S/C33H44F2N2O8/c34-28-5-1-26(2-6-28)23-44-32-10-9-31(21-33(32)45-24-27-3-7-29(35)8-4-27)43-25-30(38)22-37-12-14-40-16-18-42-20-19-41-17-15-39-13-11-36/h1-10,21,30,37-38H,11-20,22-25,36H2/t30-/m1/s1. The van der Waals surface area contributed by atoms with Crippen LogP contribution >= 0.6 is 0 Å². The number of rotatable bonds is 25. The summed E-state index contributed by atoms with van der Waals surface area (Å²) in [5, 5.41) is 13.5. The van der Waals surface area contributed by atoms with Crippen LogP contribution in [0.3, 0.4) is 0 Å². The molecule has 10 nitrogen and oxygen atoms in total. The van der Waals surface area contributed by atoms with Crippen LogP contribution in [0.25, 0.3) is 0 Å². The Morgan fingerprint density at radius 1 is 0.622 bits per heavy atom. The van der Waals surface area contributed by atoms with Crippen molar-refractivity contribution < 1.29 is 47.0 Å². The largest absolute Gasteiger partial charge is 0.491 e. The first-order valence-corrected chi connectivity index (χ1v) is 14.9. The summed E-state index contributed by atoms with van der Waals surface area (Å²) in [7, 11) is 0. The average Bonchev–Trinajstić information content (AvgIpc) is 3.05. The summed E-state index contributed by atoms with van der Waals surface area (Å²) in [6, 6.07) is 17.1. The molecule has 0 saturated heterocycles. The van der Waals surface area contributed by atoms with E-state index in [4.69, 9.17) is 38.9 Å². The molecule has 248 valence electrons. The third-order valence-electron chi connectivity index (χ3n) is 6.15. The SMILES string of the molecule is NCCOCCOCCOCCOCCNC[C@@H](O)COc1ccc(OCc2ccc(F)cc2)c(OCc2ccc(F)cc2)c1. The highest BCUT2D eigenvalue weighted by molar-refractivity contribution is 5.46. The zero-order valence-electron chi connectivity index (χ0n) is 25.5. The van der Waals surface area contributed by atoms with Crippen molar-refractivity contribution in [3.63, 3.8) is 0 Å². The normalized spacial score (nSPS) is 11.8. The second kappa shape index (κ2) is 22.2. The topological polar surface area (TPSA) is 123 Å². The maximum absolute atomic E-state index is 13.3. The van der Waals surface area contributed by atoms with E-state index in [0.717, 1.165) is 11.1 Å². The minimum Gasteiger partial charge on any atom is -0.491 e. The van der Waals surface area contributed by atoms with Gasteiger partial charge < -0.3 is 49.3 Å². The Labute approximate surface area is 263 Å². The number of benzene rings is 3. The summed E-state index contributed by atoms with van der Waals surface area (Å²) in [5.74, 6) is 0.690. The molecule has 0 aromatic heterocycles. The van der Waals surface area contributed by atoms with Gasteiger partial charge in [-0.25, -0.2) is 8.78 Å². The molecule has 0 fully saturated rings. The highest BCUT2D eigenvalue weighted by atomic mass is 19.1. The van der Waals surface area contributed by atoms with Gasteiger partial charge in [-0.15, -0.1) is 0 Å². The van der Waals surface area contributed by atoms with Crippen LogP contribution in [0.4, 0.5) is 8.78 Å². The Morgan fingerprint density at radius 2 is 1.13 bits per heavy atom. The van der Waals surface area contributed by atoms with Crippen molar-refractivity contribution in [1.29, 1.82) is 0 Å². The smallest absolute Gasteiger partial charge is 0.165 e. The predicted octanol–water partition coefficient (Wildman–Crippen LogP) is 3.48. The van der Waals surface area contributed by atoms with E-state index in [1.807, 2.05) is 0 Å². The lowest BCUT2D eigenvalue weighted by Gasteiger charge is -2.17. The monoisotopic (exact) mass is 634 g/mol. The van der Waals surface area contributed by atoms with Gasteiger partial charge in [0.25, 0.3) is 0 Å². The summed E-state index contributed by atoms with van der Waals surface area (Å²) in [6.45, 7) is 5.76. The molecule has 1 atom stereocenters. The molecular formula is C33H44F2N2O8. The number of hydrogen-bond acceptors (Lipinski definition) is 10. The van der Waals surface area contributed by atoms with Gasteiger partial charge in [0.05, 0.1) is 52.9 Å². The number of hydrogen-bond donors (Lipinski definition) is 3. The quantitative estimate of drug-likeness (QED) is 0.119. The van der Waals surface area contributed by atoms with Crippen LogP contribution in [-0.4, -0.2) is 90.3 Å². The lowest BCUT2D eigenvalue weighted by Crippen LogP contribution is -2.33. The van der Waals surface area contributed by atoms with Gasteiger partial charge in [-0.3, -0.25) is 0 Å². The molecule has 0 aliphatic rings. The Hall–Kier alpha value is -3.36. The first-order valence-electron chi connectivity index (χ1n) is 14.9. The van der Waals surface area contributed by atoms with Gasteiger partial charge in [0, 0.05) is 25.7 Å². The van der Waals surface area contributed by atoms with Crippen molar-refractivity contribution >= 4 is 0 Å². The number of nitrogens with one attached hydrogen (secondary N) is 1. The van der Waals surface area contributed by atoms with E-state index < -0.39 is 6.10 Å². The maximum Gasteiger partial charge on any atom is 0.165 e. The molecule has 0 amide bonds. The van der Waals surface area contributed by atoms with Crippen LogP contribution in [0.2, 0.25) is 0 Å². The Kier molecular flexibility index (Phi) is 17.8. The summed E-state index contributed by atoms with van der Waals surface area (Å²) >= 11 is 0. The van der Waals surface area contributed by atoms with Gasteiger partial charge in [0.1, 0.15) is 43.3 Å². The van der Waals surface area contributed by atoms with Crippen molar-refractivity contribution in [2.75, 3.05) is 79.1 Å². The molecule has 0 radical (unpaired) electrons. The zero-order valence-corrected chi connectivity index (χ0v) is 25.5. The Morgan fingerprint density at radius 3 is 1.69 bits per heavy atom. The van der Waals surface area contributed by atoms with Crippen LogP contribution in [0.5, 0.6) is 17.2 Å². The molecule has 3 aromatic carbocycles. The summed E-state index contributed by atoms with van der Waals surface area (Å²) < 4.78 is 65.8. The molecule has 0 aliphatic heterocycles.